The molecule has 1 aliphatic rings. The van der Waals surface area contributed by atoms with E-state index < -0.39 is 10.0 Å². The Morgan fingerprint density at radius 1 is 1.00 bits per heavy atom. The van der Waals surface area contributed by atoms with Gasteiger partial charge in [0.2, 0.25) is 10.0 Å². The molecule has 3 rings (SSSR count). The van der Waals surface area contributed by atoms with E-state index in [1.807, 2.05) is 39.8 Å². The first kappa shape index (κ1) is 22.0. The highest BCUT2D eigenvalue weighted by atomic mass is 32.2. The topological polar surface area (TPSA) is 66.7 Å². The van der Waals surface area contributed by atoms with Crippen LogP contribution in [-0.2, 0) is 22.0 Å². The van der Waals surface area contributed by atoms with Crippen LogP contribution >= 0.6 is 0 Å². The second-order valence-corrected chi connectivity index (χ2v) is 11.0. The number of aromatic nitrogens is 1. The Hall–Kier alpha value is -1.70. The van der Waals surface area contributed by atoms with E-state index in [0.29, 0.717) is 31.1 Å². The van der Waals surface area contributed by atoms with Gasteiger partial charge in [0, 0.05) is 38.3 Å². The minimum Gasteiger partial charge on any atom is -0.361 e. The van der Waals surface area contributed by atoms with Gasteiger partial charge in [-0.15, -0.1) is 0 Å². The average Bonchev–Trinajstić information content (AvgIpc) is 2.92. The van der Waals surface area contributed by atoms with E-state index in [0.717, 1.165) is 40.3 Å². The van der Waals surface area contributed by atoms with Crippen molar-refractivity contribution in [1.29, 1.82) is 0 Å². The zero-order valence-corrected chi connectivity index (χ0v) is 19.5. The van der Waals surface area contributed by atoms with Gasteiger partial charge in [0.25, 0.3) is 0 Å². The van der Waals surface area contributed by atoms with Crippen molar-refractivity contribution >= 4 is 10.0 Å². The predicted molar refractivity (Wildman–Crippen MR) is 115 cm³/mol. The molecule has 29 heavy (non-hydrogen) atoms. The SMILES string of the molecule is Cc1cc(C(C)(C)C)cc(C)c1S(=O)(=O)N1CCN(Cc2c(C)noc2C)CC1. The van der Waals surface area contributed by atoms with Crippen molar-refractivity contribution < 1.29 is 12.9 Å². The van der Waals surface area contributed by atoms with Crippen molar-refractivity contribution in [2.75, 3.05) is 26.2 Å². The molecule has 0 spiro atoms. The summed E-state index contributed by atoms with van der Waals surface area (Å²) < 4.78 is 33.7. The molecule has 1 saturated heterocycles. The number of nitrogens with zero attached hydrogens (tertiary/aromatic N) is 3. The second kappa shape index (κ2) is 7.85. The number of hydrogen-bond donors (Lipinski definition) is 0. The highest BCUT2D eigenvalue weighted by Gasteiger charge is 2.32. The molecule has 0 atom stereocenters. The van der Waals surface area contributed by atoms with Crippen LogP contribution in [0.2, 0.25) is 0 Å². The summed E-state index contributed by atoms with van der Waals surface area (Å²) in [6.45, 7) is 17.2. The molecular formula is C22H33N3O3S. The predicted octanol–water partition coefficient (Wildman–Crippen LogP) is 3.71. The Morgan fingerprint density at radius 2 is 1.55 bits per heavy atom. The lowest BCUT2D eigenvalue weighted by molar-refractivity contribution is 0.180. The number of piperazine rings is 1. The number of benzene rings is 1. The molecule has 0 saturated carbocycles. The molecule has 0 radical (unpaired) electrons. The molecule has 1 aliphatic heterocycles. The van der Waals surface area contributed by atoms with E-state index in [1.54, 1.807) is 4.31 Å². The van der Waals surface area contributed by atoms with Crippen LogP contribution in [0.25, 0.3) is 0 Å². The van der Waals surface area contributed by atoms with Crippen LogP contribution in [0.4, 0.5) is 0 Å². The highest BCUT2D eigenvalue weighted by Crippen LogP contribution is 2.31. The molecule has 2 heterocycles. The van der Waals surface area contributed by atoms with Gasteiger partial charge in [0.05, 0.1) is 10.6 Å². The molecule has 6 nitrogen and oxygen atoms in total. The van der Waals surface area contributed by atoms with Gasteiger partial charge in [0.1, 0.15) is 5.76 Å². The number of hydrogen-bond acceptors (Lipinski definition) is 5. The Kier molecular flexibility index (Phi) is 5.96. The van der Waals surface area contributed by atoms with Crippen molar-refractivity contribution in [3.63, 3.8) is 0 Å². The molecule has 2 aromatic rings. The molecule has 7 heteroatoms. The summed E-state index contributed by atoms with van der Waals surface area (Å²) in [6, 6.07) is 4.04. The van der Waals surface area contributed by atoms with Crippen LogP contribution in [0.3, 0.4) is 0 Å². The quantitative estimate of drug-likeness (QED) is 0.756. The Bertz CT molecular complexity index is 952. The largest absolute Gasteiger partial charge is 0.361 e. The maximum atomic E-state index is 13.4. The van der Waals surface area contributed by atoms with Gasteiger partial charge in [0.15, 0.2) is 0 Å². The van der Waals surface area contributed by atoms with Crippen LogP contribution in [-0.4, -0.2) is 49.0 Å². The third-order valence-electron chi connectivity index (χ3n) is 5.82. The first-order valence-corrected chi connectivity index (χ1v) is 11.6. The molecular weight excluding hydrogens is 386 g/mol. The zero-order chi connectivity index (χ0) is 21.6. The van der Waals surface area contributed by atoms with Gasteiger partial charge in [-0.2, -0.15) is 4.31 Å². The smallest absolute Gasteiger partial charge is 0.243 e. The van der Waals surface area contributed by atoms with Crippen molar-refractivity contribution in [2.24, 2.45) is 0 Å². The molecule has 160 valence electrons. The van der Waals surface area contributed by atoms with E-state index in [4.69, 9.17) is 4.52 Å². The van der Waals surface area contributed by atoms with Gasteiger partial charge >= 0.3 is 0 Å². The zero-order valence-electron chi connectivity index (χ0n) is 18.7. The standard InChI is InChI=1S/C22H33N3O3S/c1-15-12-19(22(5,6)7)13-16(2)21(15)29(26,27)25-10-8-24(9-11-25)14-20-17(3)23-28-18(20)4/h12-13H,8-11,14H2,1-7H3. The first-order valence-electron chi connectivity index (χ1n) is 10.2. The Balaban J connectivity index is 1.77. The van der Waals surface area contributed by atoms with E-state index in [1.165, 1.54) is 0 Å². The molecule has 1 fully saturated rings. The van der Waals surface area contributed by atoms with Crippen molar-refractivity contribution in [1.82, 2.24) is 14.4 Å². The average molecular weight is 420 g/mol. The normalized spacial score (nSPS) is 17.1. The van der Waals surface area contributed by atoms with Gasteiger partial charge in [-0.3, -0.25) is 4.90 Å². The molecule has 0 unspecified atom stereocenters. The summed E-state index contributed by atoms with van der Waals surface area (Å²) in [4.78, 5) is 2.73. The van der Waals surface area contributed by atoms with Crippen LogP contribution in [0.15, 0.2) is 21.6 Å². The van der Waals surface area contributed by atoms with Crippen LogP contribution < -0.4 is 0 Å². The van der Waals surface area contributed by atoms with Crippen LogP contribution in [0, 0.1) is 27.7 Å². The number of sulfonamides is 1. The van der Waals surface area contributed by atoms with Gasteiger partial charge in [-0.1, -0.05) is 38.1 Å². The highest BCUT2D eigenvalue weighted by molar-refractivity contribution is 7.89. The minimum atomic E-state index is -3.51. The first-order chi connectivity index (χ1) is 13.4. The van der Waals surface area contributed by atoms with Crippen molar-refractivity contribution in [2.45, 2.75) is 65.3 Å². The summed E-state index contributed by atoms with van der Waals surface area (Å²) >= 11 is 0. The Labute approximate surface area is 174 Å². The maximum absolute atomic E-state index is 13.4. The molecule has 0 N–H and O–H groups in total. The fraction of sp³-hybridized carbons (Fsp3) is 0.591. The van der Waals surface area contributed by atoms with Crippen LogP contribution in [0.5, 0.6) is 0 Å². The Morgan fingerprint density at radius 3 is 2.00 bits per heavy atom. The summed E-state index contributed by atoms with van der Waals surface area (Å²) in [5.74, 6) is 0.836. The summed E-state index contributed by atoms with van der Waals surface area (Å²) in [7, 11) is -3.51. The fourth-order valence-electron chi connectivity index (χ4n) is 4.00. The summed E-state index contributed by atoms with van der Waals surface area (Å²) in [5, 5.41) is 4.01. The van der Waals surface area contributed by atoms with E-state index >= 15 is 0 Å². The lowest BCUT2D eigenvalue weighted by Crippen LogP contribution is -2.48. The second-order valence-electron chi connectivity index (χ2n) is 9.17. The third kappa shape index (κ3) is 4.42. The molecule has 1 aromatic heterocycles. The van der Waals surface area contributed by atoms with Gasteiger partial charge in [-0.05, 0) is 49.8 Å². The molecule has 0 aliphatic carbocycles. The van der Waals surface area contributed by atoms with E-state index in [-0.39, 0.29) is 5.41 Å². The van der Waals surface area contributed by atoms with Crippen molar-refractivity contribution in [3.8, 4) is 0 Å². The molecule has 0 amide bonds. The summed E-state index contributed by atoms with van der Waals surface area (Å²) in [6.07, 6.45) is 0. The third-order valence-corrected chi connectivity index (χ3v) is 8.02. The monoisotopic (exact) mass is 419 g/mol. The molecule has 1 aromatic carbocycles. The van der Waals surface area contributed by atoms with Gasteiger partial charge < -0.3 is 4.52 Å². The van der Waals surface area contributed by atoms with Crippen LogP contribution in [0.1, 0.15) is 54.5 Å². The van der Waals surface area contributed by atoms with E-state index in [2.05, 4.69) is 30.8 Å². The summed E-state index contributed by atoms with van der Waals surface area (Å²) in [5.41, 5.74) is 4.81. The minimum absolute atomic E-state index is 0.0123. The lowest BCUT2D eigenvalue weighted by Gasteiger charge is -2.34. The van der Waals surface area contributed by atoms with Gasteiger partial charge in [-0.25, -0.2) is 8.42 Å². The lowest BCUT2D eigenvalue weighted by atomic mass is 9.85. The van der Waals surface area contributed by atoms with E-state index in [9.17, 15) is 8.42 Å². The molecule has 0 bridgehead atoms. The van der Waals surface area contributed by atoms with Crippen molar-refractivity contribution in [3.05, 3.63) is 45.8 Å². The maximum Gasteiger partial charge on any atom is 0.243 e. The fourth-order valence-corrected chi connectivity index (χ4v) is 5.83. The number of aryl methyl sites for hydroxylation is 4. The number of rotatable bonds is 4.